The predicted octanol–water partition coefficient (Wildman–Crippen LogP) is 2.91. The van der Waals surface area contributed by atoms with Crippen LogP contribution in [-0.2, 0) is 9.59 Å². The van der Waals surface area contributed by atoms with Crippen LogP contribution in [0, 0.1) is 0 Å². The second kappa shape index (κ2) is 7.20. The molecule has 1 heterocycles. The van der Waals surface area contributed by atoms with Gasteiger partial charge in [0.25, 0.3) is 11.8 Å². The van der Waals surface area contributed by atoms with Crippen molar-refractivity contribution in [3.63, 3.8) is 0 Å². The molecule has 1 aliphatic heterocycles. The fourth-order valence-corrected chi connectivity index (χ4v) is 3.12. The summed E-state index contributed by atoms with van der Waals surface area (Å²) in [6.45, 7) is 2.14. The molecule has 0 unspecified atom stereocenters. The molecule has 0 radical (unpaired) electrons. The molecule has 2 amide bonds. The van der Waals surface area contributed by atoms with Gasteiger partial charge in [0.15, 0.2) is 16.6 Å². The molecular formula is C15H14Br2N2O4S. The van der Waals surface area contributed by atoms with Crippen molar-refractivity contribution >= 4 is 67.1 Å². The summed E-state index contributed by atoms with van der Waals surface area (Å²) in [5.41, 5.74) is 0.476. The Labute approximate surface area is 161 Å². The summed E-state index contributed by atoms with van der Waals surface area (Å²) in [6, 6.07) is 1.55. The third-order valence-electron chi connectivity index (χ3n) is 3.42. The number of carbonyl (C=O) groups is 2. The van der Waals surface area contributed by atoms with Crippen LogP contribution < -0.4 is 4.74 Å². The van der Waals surface area contributed by atoms with E-state index in [2.05, 4.69) is 31.9 Å². The maximum absolute atomic E-state index is 12.4. The molecule has 128 valence electrons. The summed E-state index contributed by atoms with van der Waals surface area (Å²) >= 11 is 11.7. The molecule has 2 rings (SSSR count). The lowest BCUT2D eigenvalue weighted by molar-refractivity contribution is -0.132. The van der Waals surface area contributed by atoms with Gasteiger partial charge in [-0.15, -0.1) is 0 Å². The first-order chi connectivity index (χ1) is 11.2. The summed E-state index contributed by atoms with van der Waals surface area (Å²) in [5.74, 6) is -0.802. The first kappa shape index (κ1) is 18.9. The largest absolute Gasteiger partial charge is 0.503 e. The minimum absolute atomic E-state index is 0.0330. The van der Waals surface area contributed by atoms with Crippen molar-refractivity contribution in [2.45, 2.75) is 6.92 Å². The summed E-state index contributed by atoms with van der Waals surface area (Å²) in [4.78, 5) is 27.2. The number of hydrogen-bond donors (Lipinski definition) is 1. The van der Waals surface area contributed by atoms with Crippen LogP contribution in [0.3, 0.4) is 0 Å². The van der Waals surface area contributed by atoms with E-state index in [0.29, 0.717) is 21.1 Å². The number of aromatic hydroxyl groups is 1. The van der Waals surface area contributed by atoms with E-state index < -0.39 is 11.8 Å². The van der Waals surface area contributed by atoms with Crippen molar-refractivity contribution in [2.75, 3.05) is 20.7 Å². The van der Waals surface area contributed by atoms with Gasteiger partial charge in [-0.25, -0.2) is 0 Å². The number of ether oxygens (including phenoxy) is 1. The number of carbonyl (C=O) groups excluding carboxylic acids is 2. The van der Waals surface area contributed by atoms with Gasteiger partial charge in [-0.1, -0.05) is 0 Å². The van der Waals surface area contributed by atoms with Crippen LogP contribution in [0.15, 0.2) is 20.6 Å². The SMILES string of the molecule is CCOc1cc(C=C2C(=O)N(C)C(=S)N(C)C2=O)c(Br)c(Br)c1O. The highest BCUT2D eigenvalue weighted by Gasteiger charge is 2.35. The lowest BCUT2D eigenvalue weighted by atomic mass is 10.1. The Kier molecular flexibility index (Phi) is 5.67. The van der Waals surface area contributed by atoms with Gasteiger partial charge in [-0.05, 0) is 68.7 Å². The summed E-state index contributed by atoms with van der Waals surface area (Å²) in [6.07, 6.45) is 1.44. The fraction of sp³-hybridized carbons (Fsp3) is 0.267. The van der Waals surface area contributed by atoms with Crippen molar-refractivity contribution in [1.29, 1.82) is 0 Å². The highest BCUT2D eigenvalue weighted by Crippen LogP contribution is 2.42. The third kappa shape index (κ3) is 3.20. The number of benzene rings is 1. The van der Waals surface area contributed by atoms with Crippen LogP contribution >= 0.6 is 44.1 Å². The van der Waals surface area contributed by atoms with Gasteiger partial charge < -0.3 is 9.84 Å². The van der Waals surface area contributed by atoms with Crippen molar-refractivity contribution < 1.29 is 19.4 Å². The number of amides is 2. The lowest BCUT2D eigenvalue weighted by Crippen LogP contribution is -2.52. The maximum atomic E-state index is 12.4. The molecule has 24 heavy (non-hydrogen) atoms. The Morgan fingerprint density at radius 2 is 1.75 bits per heavy atom. The highest BCUT2D eigenvalue weighted by atomic mass is 79.9. The van der Waals surface area contributed by atoms with Gasteiger partial charge in [0.1, 0.15) is 5.57 Å². The molecule has 0 aliphatic carbocycles. The number of halogens is 2. The maximum Gasteiger partial charge on any atom is 0.265 e. The predicted molar refractivity (Wildman–Crippen MR) is 101 cm³/mol. The Bertz CT molecular complexity index is 753. The average Bonchev–Trinajstić information content (AvgIpc) is 2.57. The standard InChI is InChI=1S/C15H14Br2N2O4S/c1-4-23-9-6-7(10(16)11(17)12(9)20)5-8-13(21)18(2)15(24)19(3)14(8)22/h5-6,20H,4H2,1-3H3. The highest BCUT2D eigenvalue weighted by molar-refractivity contribution is 9.13. The molecule has 0 atom stereocenters. The molecule has 6 nitrogen and oxygen atoms in total. The number of thiocarbonyl (C=S) groups is 1. The topological polar surface area (TPSA) is 70.1 Å². The van der Waals surface area contributed by atoms with Crippen LogP contribution in [0.5, 0.6) is 11.5 Å². The molecule has 1 fully saturated rings. The van der Waals surface area contributed by atoms with Gasteiger partial charge in [-0.2, -0.15) is 0 Å². The number of likely N-dealkylation sites (N-methyl/N-ethyl adjacent to an activating group) is 2. The Balaban J connectivity index is 2.60. The molecular weight excluding hydrogens is 464 g/mol. The van der Waals surface area contributed by atoms with Gasteiger partial charge in [0.2, 0.25) is 0 Å². The van der Waals surface area contributed by atoms with Gasteiger partial charge in [0.05, 0.1) is 11.1 Å². The van der Waals surface area contributed by atoms with Gasteiger partial charge in [-0.3, -0.25) is 19.4 Å². The molecule has 0 bridgehead atoms. The Hall–Kier alpha value is -1.45. The first-order valence-electron chi connectivity index (χ1n) is 6.86. The van der Waals surface area contributed by atoms with Gasteiger partial charge >= 0.3 is 0 Å². The van der Waals surface area contributed by atoms with Crippen molar-refractivity contribution in [3.05, 3.63) is 26.1 Å². The van der Waals surface area contributed by atoms with Crippen molar-refractivity contribution in [2.24, 2.45) is 0 Å². The van der Waals surface area contributed by atoms with Crippen LogP contribution in [0.1, 0.15) is 12.5 Å². The number of nitrogens with zero attached hydrogens (tertiary/aromatic N) is 2. The van der Waals surface area contributed by atoms with Crippen LogP contribution in [0.4, 0.5) is 0 Å². The molecule has 1 aromatic rings. The second-order valence-electron chi connectivity index (χ2n) is 4.94. The fourth-order valence-electron chi connectivity index (χ4n) is 2.11. The number of phenols is 1. The molecule has 1 aliphatic rings. The summed E-state index contributed by atoms with van der Waals surface area (Å²) in [7, 11) is 3.02. The van der Waals surface area contributed by atoms with Crippen molar-refractivity contribution in [1.82, 2.24) is 9.80 Å². The molecule has 1 aromatic carbocycles. The molecule has 9 heteroatoms. The first-order valence-corrected chi connectivity index (χ1v) is 8.85. The Morgan fingerprint density at radius 1 is 1.21 bits per heavy atom. The lowest BCUT2D eigenvalue weighted by Gasteiger charge is -2.31. The second-order valence-corrected chi connectivity index (χ2v) is 6.89. The Morgan fingerprint density at radius 3 is 2.25 bits per heavy atom. The average molecular weight is 478 g/mol. The van der Waals surface area contributed by atoms with Crippen LogP contribution in [0.25, 0.3) is 6.08 Å². The zero-order valence-electron chi connectivity index (χ0n) is 13.1. The molecule has 0 saturated carbocycles. The number of hydrogen-bond acceptors (Lipinski definition) is 5. The summed E-state index contributed by atoms with van der Waals surface area (Å²) in [5, 5.41) is 10.2. The smallest absolute Gasteiger partial charge is 0.265 e. The van der Waals surface area contributed by atoms with E-state index in [1.807, 2.05) is 0 Å². The quantitative estimate of drug-likeness (QED) is 0.411. The molecule has 1 N–H and O–H groups in total. The zero-order valence-corrected chi connectivity index (χ0v) is 17.1. The zero-order chi connectivity index (χ0) is 18.2. The number of phenolic OH excluding ortho intramolecular Hbond substituents is 1. The van der Waals surface area contributed by atoms with Crippen LogP contribution in [-0.4, -0.2) is 52.5 Å². The minimum Gasteiger partial charge on any atom is -0.503 e. The van der Waals surface area contributed by atoms with E-state index in [-0.39, 0.29) is 22.2 Å². The minimum atomic E-state index is -0.489. The molecule has 1 saturated heterocycles. The summed E-state index contributed by atoms with van der Waals surface area (Å²) < 4.78 is 6.24. The van der Waals surface area contributed by atoms with Crippen LogP contribution in [0.2, 0.25) is 0 Å². The van der Waals surface area contributed by atoms with E-state index in [0.717, 1.165) is 0 Å². The normalized spacial score (nSPS) is 15.2. The van der Waals surface area contributed by atoms with E-state index in [4.69, 9.17) is 17.0 Å². The monoisotopic (exact) mass is 476 g/mol. The van der Waals surface area contributed by atoms with E-state index in [1.54, 1.807) is 13.0 Å². The third-order valence-corrected chi connectivity index (χ3v) is 6.12. The van der Waals surface area contributed by atoms with E-state index in [1.165, 1.54) is 30.0 Å². The van der Waals surface area contributed by atoms with Gasteiger partial charge in [0, 0.05) is 18.6 Å². The molecule has 0 aromatic heterocycles. The van der Waals surface area contributed by atoms with Crippen molar-refractivity contribution in [3.8, 4) is 11.5 Å². The number of rotatable bonds is 3. The van der Waals surface area contributed by atoms with E-state index >= 15 is 0 Å². The molecule has 0 spiro atoms. The van der Waals surface area contributed by atoms with E-state index in [9.17, 15) is 14.7 Å².